The fourth-order valence-electron chi connectivity index (χ4n) is 0.242. The molecular formula is C3H4ClNO2. The third kappa shape index (κ3) is 1.55. The Bertz CT molecular complexity index is 101. The molecule has 0 spiro atoms. The van der Waals surface area contributed by atoms with Gasteiger partial charge < -0.3 is 4.74 Å². The van der Waals surface area contributed by atoms with Crippen molar-refractivity contribution in [1.29, 1.82) is 0 Å². The van der Waals surface area contributed by atoms with Gasteiger partial charge >= 0.3 is 0 Å². The van der Waals surface area contributed by atoms with E-state index in [2.05, 4.69) is 9.73 Å². The minimum atomic E-state index is -0.199. The number of halogens is 1. The van der Waals surface area contributed by atoms with Gasteiger partial charge in [0.2, 0.25) is 0 Å². The Morgan fingerprint density at radius 1 is 1.86 bits per heavy atom. The Morgan fingerprint density at radius 2 is 2.57 bits per heavy atom. The van der Waals surface area contributed by atoms with Crippen LogP contribution in [0.1, 0.15) is 0 Å². The minimum Gasteiger partial charge on any atom is -0.473 e. The molecular weight excluding hydrogens is 117 g/mol. The van der Waals surface area contributed by atoms with Crippen molar-refractivity contribution in [3.05, 3.63) is 0 Å². The van der Waals surface area contributed by atoms with E-state index in [9.17, 15) is 4.79 Å². The Hall–Kier alpha value is -0.570. The molecule has 0 bridgehead atoms. The molecule has 1 aliphatic rings. The highest BCUT2D eigenvalue weighted by Gasteiger charge is 2.01. The summed E-state index contributed by atoms with van der Waals surface area (Å²) in [6.45, 7) is 0.125. The van der Waals surface area contributed by atoms with Gasteiger partial charge in [-0.25, -0.2) is 0 Å². The molecule has 0 aromatic carbocycles. The van der Waals surface area contributed by atoms with E-state index in [0.29, 0.717) is 0 Å². The summed E-state index contributed by atoms with van der Waals surface area (Å²) in [6, 6.07) is 0. The maximum Gasteiger partial charge on any atom is 0.286 e. The molecule has 3 nitrogen and oxygen atoms in total. The Labute approximate surface area is 46.8 Å². The largest absolute Gasteiger partial charge is 0.473 e. The maximum atomic E-state index is 9.92. The Morgan fingerprint density at radius 3 is 2.71 bits per heavy atom. The van der Waals surface area contributed by atoms with Crippen LogP contribution in [0.15, 0.2) is 4.99 Å². The van der Waals surface area contributed by atoms with Crippen molar-refractivity contribution in [1.82, 2.24) is 0 Å². The van der Waals surface area contributed by atoms with Crippen LogP contribution in [0.5, 0.6) is 0 Å². The van der Waals surface area contributed by atoms with E-state index in [0.717, 1.165) is 6.40 Å². The number of hydrogen-bond donors (Lipinski definition) is 0. The third-order valence-electron chi connectivity index (χ3n) is 0.478. The molecule has 0 radical (unpaired) electrons. The number of nitrogens with zero attached hydrogens (tertiary/aromatic N) is 1. The number of hydrogen-bond acceptors (Lipinski definition) is 2. The molecule has 1 heterocycles. The van der Waals surface area contributed by atoms with Gasteiger partial charge in [0, 0.05) is 0 Å². The molecule has 0 aromatic heterocycles. The van der Waals surface area contributed by atoms with Crippen LogP contribution in [-0.4, -0.2) is 18.9 Å². The molecule has 1 amide bonds. The van der Waals surface area contributed by atoms with E-state index >= 15 is 0 Å². The fraction of sp³-hybridized carbons (Fsp3) is 0.333. The number of rotatable bonds is 0. The lowest BCUT2D eigenvalue weighted by atomic mass is 10.7. The number of aliphatic imine (C=N–C) groups is 1. The summed E-state index contributed by atoms with van der Waals surface area (Å²) < 4.78 is 4.42. The zero-order chi connectivity index (χ0) is 4.41. The van der Waals surface area contributed by atoms with E-state index < -0.39 is 0 Å². The van der Waals surface area contributed by atoms with E-state index in [-0.39, 0.29) is 24.9 Å². The lowest BCUT2D eigenvalue weighted by molar-refractivity contribution is -0.118. The van der Waals surface area contributed by atoms with Crippen LogP contribution in [-0.2, 0) is 9.53 Å². The van der Waals surface area contributed by atoms with Crippen LogP contribution in [0.3, 0.4) is 0 Å². The second kappa shape index (κ2) is 2.58. The first kappa shape index (κ1) is 6.43. The highest BCUT2D eigenvalue weighted by atomic mass is 35.5. The molecule has 0 unspecified atom stereocenters. The lowest BCUT2D eigenvalue weighted by Gasteiger charge is -1.75. The van der Waals surface area contributed by atoms with Crippen molar-refractivity contribution < 1.29 is 9.53 Å². The zero-order valence-corrected chi connectivity index (χ0v) is 4.27. The first-order chi connectivity index (χ1) is 2.89. The number of carbonyl (C=O) groups excluding carboxylic acids is 1. The van der Waals surface area contributed by atoms with Crippen LogP contribution in [0.4, 0.5) is 0 Å². The van der Waals surface area contributed by atoms with Gasteiger partial charge in [0.25, 0.3) is 5.91 Å². The van der Waals surface area contributed by atoms with Gasteiger partial charge in [-0.15, -0.1) is 12.4 Å². The molecule has 1 aliphatic heterocycles. The van der Waals surface area contributed by atoms with Gasteiger partial charge in [-0.2, -0.15) is 4.99 Å². The predicted octanol–water partition coefficient (Wildman–Crippen LogP) is -0.00670. The standard InChI is InChI=1S/C3H3NO2.ClH/c5-3-1-6-2-4-3;/h2H,1H2;1H. The average Bonchev–Trinajstić information content (AvgIpc) is 1.86. The number of carbonyl (C=O) groups is 1. The summed E-state index contributed by atoms with van der Waals surface area (Å²) in [5.74, 6) is -0.199. The van der Waals surface area contributed by atoms with Crippen molar-refractivity contribution in [2.75, 3.05) is 6.61 Å². The number of ether oxygens (including phenoxy) is 1. The summed E-state index contributed by atoms with van der Waals surface area (Å²) in [7, 11) is 0. The third-order valence-corrected chi connectivity index (χ3v) is 0.478. The number of amides is 1. The molecule has 7 heavy (non-hydrogen) atoms. The Kier molecular flexibility index (Phi) is 2.37. The SMILES string of the molecule is Cl.O=C1COC=N1. The van der Waals surface area contributed by atoms with Gasteiger partial charge in [0.15, 0.2) is 13.0 Å². The van der Waals surface area contributed by atoms with Gasteiger partial charge in [-0.05, 0) is 0 Å². The maximum absolute atomic E-state index is 9.92. The van der Waals surface area contributed by atoms with E-state index in [4.69, 9.17) is 0 Å². The molecule has 0 atom stereocenters. The predicted molar refractivity (Wildman–Crippen MR) is 26.7 cm³/mol. The van der Waals surface area contributed by atoms with Gasteiger partial charge in [-0.3, -0.25) is 4.79 Å². The van der Waals surface area contributed by atoms with Crippen LogP contribution < -0.4 is 0 Å². The van der Waals surface area contributed by atoms with Gasteiger partial charge in [0.05, 0.1) is 0 Å². The van der Waals surface area contributed by atoms with E-state index in [1.807, 2.05) is 0 Å². The molecule has 0 aliphatic carbocycles. The summed E-state index contributed by atoms with van der Waals surface area (Å²) >= 11 is 0. The monoisotopic (exact) mass is 121 g/mol. The van der Waals surface area contributed by atoms with Gasteiger partial charge in [-0.1, -0.05) is 0 Å². The van der Waals surface area contributed by atoms with Crippen LogP contribution in [0.2, 0.25) is 0 Å². The van der Waals surface area contributed by atoms with Crippen LogP contribution >= 0.6 is 12.4 Å². The molecule has 0 saturated carbocycles. The minimum absolute atomic E-state index is 0. The average molecular weight is 122 g/mol. The van der Waals surface area contributed by atoms with Gasteiger partial charge in [0.1, 0.15) is 0 Å². The molecule has 0 aromatic rings. The molecule has 1 rings (SSSR count). The van der Waals surface area contributed by atoms with Crippen molar-refractivity contribution in [3.8, 4) is 0 Å². The smallest absolute Gasteiger partial charge is 0.286 e. The normalized spacial score (nSPS) is 15.7. The highest BCUT2D eigenvalue weighted by molar-refractivity contribution is 5.88. The summed E-state index contributed by atoms with van der Waals surface area (Å²) in [4.78, 5) is 13.2. The van der Waals surface area contributed by atoms with E-state index in [1.165, 1.54) is 0 Å². The summed E-state index contributed by atoms with van der Waals surface area (Å²) in [6.07, 6.45) is 1.16. The second-order valence-corrected chi connectivity index (χ2v) is 0.939. The van der Waals surface area contributed by atoms with Crippen molar-refractivity contribution in [2.24, 2.45) is 4.99 Å². The molecule has 4 heteroatoms. The highest BCUT2D eigenvalue weighted by Crippen LogP contribution is 1.83. The fourth-order valence-corrected chi connectivity index (χ4v) is 0.242. The first-order valence-corrected chi connectivity index (χ1v) is 1.56. The van der Waals surface area contributed by atoms with Crippen molar-refractivity contribution >= 4 is 24.7 Å². The molecule has 0 saturated heterocycles. The van der Waals surface area contributed by atoms with Crippen molar-refractivity contribution in [3.63, 3.8) is 0 Å². The summed E-state index contributed by atoms with van der Waals surface area (Å²) in [5.41, 5.74) is 0. The molecule has 0 N–H and O–H groups in total. The van der Waals surface area contributed by atoms with Crippen LogP contribution in [0.25, 0.3) is 0 Å². The quantitative estimate of drug-likeness (QED) is 0.452. The zero-order valence-electron chi connectivity index (χ0n) is 3.46. The molecule has 40 valence electrons. The lowest BCUT2D eigenvalue weighted by Crippen LogP contribution is -1.92. The van der Waals surface area contributed by atoms with Crippen LogP contribution in [0, 0.1) is 0 Å². The Balaban J connectivity index is 0.000000360. The topological polar surface area (TPSA) is 38.7 Å². The van der Waals surface area contributed by atoms with E-state index in [1.54, 1.807) is 0 Å². The van der Waals surface area contributed by atoms with Crippen molar-refractivity contribution in [2.45, 2.75) is 0 Å². The summed E-state index contributed by atoms with van der Waals surface area (Å²) in [5, 5.41) is 0. The second-order valence-electron chi connectivity index (χ2n) is 0.939. The first-order valence-electron chi connectivity index (χ1n) is 1.56. The molecule has 0 fully saturated rings.